The molecule has 1 rings (SSSR count). The van der Waals surface area contributed by atoms with Gasteiger partial charge in [0.1, 0.15) is 5.69 Å². The van der Waals surface area contributed by atoms with Crippen LogP contribution in [0.25, 0.3) is 0 Å². The highest BCUT2D eigenvalue weighted by Crippen LogP contribution is 2.22. The van der Waals surface area contributed by atoms with Crippen molar-refractivity contribution < 1.29 is 0 Å². The maximum Gasteiger partial charge on any atom is 0.132 e. The molecule has 0 spiro atoms. The van der Waals surface area contributed by atoms with Crippen molar-refractivity contribution in [2.45, 2.75) is 27.7 Å². The Balaban J connectivity index is 0.00000196. The molecule has 1 aromatic carbocycles. The van der Waals surface area contributed by atoms with Gasteiger partial charge in [0.05, 0.1) is 28.0 Å². The van der Waals surface area contributed by atoms with Crippen LogP contribution >= 0.6 is 0 Å². The van der Waals surface area contributed by atoms with E-state index in [1.54, 1.807) is 0 Å². The monoisotopic (exact) mass is 206 g/mol. The van der Waals surface area contributed by atoms with Gasteiger partial charge in [-0.05, 0) is 39.8 Å². The van der Waals surface area contributed by atoms with Crippen molar-refractivity contribution in [1.29, 1.82) is 0 Å². The first-order valence-electron chi connectivity index (χ1n) is 5.61. The molecule has 0 N–H and O–H groups in total. The first-order valence-corrected chi connectivity index (χ1v) is 5.61. The molecular formula is C13H25BN+. The number of quaternary nitrogens is 1. The molecule has 0 aliphatic carbocycles. The normalized spacial score (nSPS) is 10.9. The Kier molecular flexibility index (Phi) is 5.67. The summed E-state index contributed by atoms with van der Waals surface area (Å²) in [6.07, 6.45) is 0. The minimum atomic E-state index is 0. The number of rotatable bonds is 4. The van der Waals surface area contributed by atoms with Gasteiger partial charge in [-0.2, -0.15) is 0 Å². The fourth-order valence-corrected chi connectivity index (χ4v) is 2.08. The Morgan fingerprint density at radius 3 is 1.60 bits per heavy atom. The molecule has 0 saturated heterocycles. The van der Waals surface area contributed by atoms with Crippen LogP contribution in [0, 0.1) is 6.92 Å². The molecule has 0 aliphatic rings. The molecule has 0 heterocycles. The Hall–Kier alpha value is -0.755. The summed E-state index contributed by atoms with van der Waals surface area (Å²) in [6, 6.07) is 8.96. The average molecular weight is 206 g/mol. The summed E-state index contributed by atoms with van der Waals surface area (Å²) in [5, 5.41) is 0. The van der Waals surface area contributed by atoms with Crippen molar-refractivity contribution in [1.82, 2.24) is 4.48 Å². The summed E-state index contributed by atoms with van der Waals surface area (Å²) in [5.74, 6) is 0. The van der Waals surface area contributed by atoms with E-state index >= 15 is 0 Å². The zero-order valence-corrected chi connectivity index (χ0v) is 9.88. The van der Waals surface area contributed by atoms with E-state index in [-0.39, 0.29) is 8.41 Å². The van der Waals surface area contributed by atoms with Gasteiger partial charge in [-0.3, -0.25) is 4.48 Å². The van der Waals surface area contributed by atoms with E-state index in [4.69, 9.17) is 0 Å². The fraction of sp³-hybridized carbons (Fsp3) is 0.538. The van der Waals surface area contributed by atoms with Crippen molar-refractivity contribution in [2.24, 2.45) is 0 Å². The van der Waals surface area contributed by atoms with Gasteiger partial charge >= 0.3 is 0 Å². The van der Waals surface area contributed by atoms with Crippen LogP contribution in [0.2, 0.25) is 0 Å². The molecule has 0 aromatic heterocycles. The van der Waals surface area contributed by atoms with Gasteiger partial charge in [-0.15, -0.1) is 0 Å². The Labute approximate surface area is 96.3 Å². The van der Waals surface area contributed by atoms with Gasteiger partial charge in [0.15, 0.2) is 0 Å². The van der Waals surface area contributed by atoms with Crippen molar-refractivity contribution in [2.75, 3.05) is 19.6 Å². The van der Waals surface area contributed by atoms with Crippen LogP contribution in [0.5, 0.6) is 0 Å². The highest BCUT2D eigenvalue weighted by molar-refractivity contribution is 5.75. The number of hydrogen-bond donors (Lipinski definition) is 0. The second-order valence-corrected chi connectivity index (χ2v) is 3.93. The molecule has 0 atom stereocenters. The lowest BCUT2D eigenvalue weighted by atomic mass is 10.2. The largest absolute Gasteiger partial charge is 0.292 e. The molecule has 1 nitrogen and oxygen atoms in total. The number of aryl methyl sites for hydroxylation is 1. The average Bonchev–Trinajstić information content (AvgIpc) is 2.24. The van der Waals surface area contributed by atoms with Gasteiger partial charge in [0.25, 0.3) is 0 Å². The lowest BCUT2D eigenvalue weighted by molar-refractivity contribution is 0.316. The van der Waals surface area contributed by atoms with Crippen molar-refractivity contribution in [3.63, 3.8) is 0 Å². The second kappa shape index (κ2) is 5.97. The van der Waals surface area contributed by atoms with Gasteiger partial charge < -0.3 is 0 Å². The molecule has 2 heteroatoms. The lowest BCUT2D eigenvalue weighted by Crippen LogP contribution is -2.48. The predicted molar refractivity (Wildman–Crippen MR) is 74.5 cm³/mol. The Bertz CT molecular complexity index is 267. The number of hydrogen-bond acceptors (Lipinski definition) is 0. The second-order valence-electron chi connectivity index (χ2n) is 3.93. The minimum absolute atomic E-state index is 0. The standard InChI is InChI=1S/C13H22N.BH3/c1-5-14(6-2,7-3)13-10-8-12(4)9-11-13;/h8-11H,5-7H2,1-4H3;1H3/q+1;. The predicted octanol–water partition coefficient (Wildman–Crippen LogP) is 2.18. The van der Waals surface area contributed by atoms with Crippen LogP contribution in [-0.2, 0) is 0 Å². The Morgan fingerprint density at radius 1 is 0.867 bits per heavy atom. The van der Waals surface area contributed by atoms with Gasteiger partial charge in [0, 0.05) is 0 Å². The molecule has 1 aromatic rings. The zero-order valence-electron chi connectivity index (χ0n) is 9.88. The molecule has 84 valence electrons. The molecule has 0 saturated carbocycles. The smallest absolute Gasteiger partial charge is 0.132 e. The molecule has 0 aliphatic heterocycles. The van der Waals surface area contributed by atoms with Crippen LogP contribution in [0.1, 0.15) is 26.3 Å². The molecular weight excluding hydrogens is 181 g/mol. The maximum absolute atomic E-state index is 2.27. The maximum atomic E-state index is 2.27. The summed E-state index contributed by atoms with van der Waals surface area (Å²) in [7, 11) is 0. The molecule has 0 amide bonds. The van der Waals surface area contributed by atoms with E-state index in [9.17, 15) is 0 Å². The molecule has 0 bridgehead atoms. The SMILES string of the molecule is B.CC[N+](CC)(CC)c1ccc(C)cc1. The third kappa shape index (κ3) is 2.85. The van der Waals surface area contributed by atoms with Gasteiger partial charge in [-0.1, -0.05) is 17.7 Å². The minimum Gasteiger partial charge on any atom is -0.292 e. The van der Waals surface area contributed by atoms with E-state index in [0.717, 1.165) is 4.48 Å². The van der Waals surface area contributed by atoms with Crippen molar-refractivity contribution in [3.05, 3.63) is 29.8 Å². The third-order valence-corrected chi connectivity index (χ3v) is 3.40. The van der Waals surface area contributed by atoms with Crippen molar-refractivity contribution in [3.8, 4) is 0 Å². The quantitative estimate of drug-likeness (QED) is 0.523. The van der Waals surface area contributed by atoms with Crippen LogP contribution in [0.4, 0.5) is 5.69 Å². The summed E-state index contributed by atoms with van der Waals surface area (Å²) >= 11 is 0. The van der Waals surface area contributed by atoms with Crippen LogP contribution < -0.4 is 4.48 Å². The summed E-state index contributed by atoms with van der Waals surface area (Å²) in [5.41, 5.74) is 2.79. The van der Waals surface area contributed by atoms with Gasteiger partial charge in [-0.25, -0.2) is 0 Å². The third-order valence-electron chi connectivity index (χ3n) is 3.40. The first kappa shape index (κ1) is 14.2. The zero-order chi connectivity index (χ0) is 10.6. The number of benzene rings is 1. The topological polar surface area (TPSA) is 0 Å². The molecule has 0 unspecified atom stereocenters. The summed E-state index contributed by atoms with van der Waals surface area (Å²) in [4.78, 5) is 0. The van der Waals surface area contributed by atoms with E-state index in [1.807, 2.05) is 0 Å². The van der Waals surface area contributed by atoms with Crippen molar-refractivity contribution >= 4 is 14.1 Å². The molecule has 15 heavy (non-hydrogen) atoms. The highest BCUT2D eigenvalue weighted by atomic mass is 15.3. The van der Waals surface area contributed by atoms with E-state index in [1.165, 1.54) is 30.9 Å². The Morgan fingerprint density at radius 2 is 1.27 bits per heavy atom. The summed E-state index contributed by atoms with van der Waals surface area (Å²) in [6.45, 7) is 12.5. The van der Waals surface area contributed by atoms with E-state index in [2.05, 4.69) is 52.0 Å². The number of nitrogens with zero attached hydrogens (tertiary/aromatic N) is 1. The lowest BCUT2D eigenvalue weighted by Gasteiger charge is -2.35. The summed E-state index contributed by atoms with van der Waals surface area (Å²) < 4.78 is 1.10. The van der Waals surface area contributed by atoms with Crippen LogP contribution in [0.15, 0.2) is 24.3 Å². The fourth-order valence-electron chi connectivity index (χ4n) is 2.08. The van der Waals surface area contributed by atoms with E-state index in [0.29, 0.717) is 0 Å². The van der Waals surface area contributed by atoms with Gasteiger partial charge in [0.2, 0.25) is 0 Å². The van der Waals surface area contributed by atoms with Crippen LogP contribution in [-0.4, -0.2) is 28.0 Å². The van der Waals surface area contributed by atoms with E-state index < -0.39 is 0 Å². The molecule has 0 radical (unpaired) electrons. The first-order chi connectivity index (χ1) is 6.68. The van der Waals surface area contributed by atoms with Crippen LogP contribution in [0.3, 0.4) is 0 Å². The highest BCUT2D eigenvalue weighted by Gasteiger charge is 2.23. The molecule has 0 fully saturated rings.